The minimum atomic E-state index is -3.92. The van der Waals surface area contributed by atoms with Gasteiger partial charge in [0.05, 0.1) is 22.6 Å². The molecule has 3 aromatic carbocycles. The maximum atomic E-state index is 13.2. The molecular formula is C22H19Cl2N3O5S. The maximum absolute atomic E-state index is 13.2. The lowest BCUT2D eigenvalue weighted by molar-refractivity contribution is 0.0698. The molecule has 8 nitrogen and oxygen atoms in total. The number of carboxylic acids is 1. The quantitative estimate of drug-likeness (QED) is 0.446. The van der Waals surface area contributed by atoms with Crippen LogP contribution in [0.25, 0.3) is 0 Å². The van der Waals surface area contributed by atoms with E-state index in [1.165, 1.54) is 40.7 Å². The lowest BCUT2D eigenvalue weighted by Gasteiger charge is -2.21. The van der Waals surface area contributed by atoms with E-state index in [0.29, 0.717) is 18.7 Å². The fourth-order valence-electron chi connectivity index (χ4n) is 3.60. The number of fused-ring (bicyclic) bond motifs is 1. The molecule has 0 bridgehead atoms. The van der Waals surface area contributed by atoms with Crippen LogP contribution in [0.2, 0.25) is 5.02 Å². The molecule has 11 heteroatoms. The maximum Gasteiger partial charge on any atom is 0.337 e. The number of benzene rings is 3. The summed E-state index contributed by atoms with van der Waals surface area (Å²) in [6.45, 7) is 0.303. The van der Waals surface area contributed by atoms with Gasteiger partial charge in [0.15, 0.2) is 0 Å². The highest BCUT2D eigenvalue weighted by Crippen LogP contribution is 2.34. The Hall–Kier alpha value is -3.27. The highest BCUT2D eigenvalue weighted by Gasteiger charge is 2.32. The molecule has 0 spiro atoms. The van der Waals surface area contributed by atoms with Crippen molar-refractivity contribution in [3.8, 4) is 0 Å². The summed E-state index contributed by atoms with van der Waals surface area (Å²) >= 11 is 5.83. The van der Waals surface area contributed by atoms with Crippen molar-refractivity contribution in [2.45, 2.75) is 11.3 Å². The third-order valence-electron chi connectivity index (χ3n) is 5.14. The van der Waals surface area contributed by atoms with Crippen LogP contribution in [-0.4, -0.2) is 31.9 Å². The molecule has 4 N–H and O–H groups in total. The predicted octanol–water partition coefficient (Wildman–Crippen LogP) is 4.05. The van der Waals surface area contributed by atoms with Gasteiger partial charge in [-0.3, -0.25) is 9.10 Å². The van der Waals surface area contributed by atoms with E-state index in [0.717, 1.165) is 5.56 Å². The molecule has 0 aliphatic carbocycles. The summed E-state index contributed by atoms with van der Waals surface area (Å²) in [5.41, 5.74) is 7.44. The molecule has 172 valence electrons. The highest BCUT2D eigenvalue weighted by molar-refractivity contribution is 7.93. The summed E-state index contributed by atoms with van der Waals surface area (Å²) in [5.74, 6) is -1.90. The smallest absolute Gasteiger partial charge is 0.337 e. The zero-order valence-electron chi connectivity index (χ0n) is 17.0. The number of nitrogens with two attached hydrogens (primary N) is 1. The number of amides is 1. The molecule has 0 saturated heterocycles. The fraction of sp³-hybridized carbons (Fsp3) is 0.0909. The number of halogens is 2. The summed E-state index contributed by atoms with van der Waals surface area (Å²) < 4.78 is 27.7. The first-order valence-corrected chi connectivity index (χ1v) is 11.3. The second kappa shape index (κ2) is 9.30. The van der Waals surface area contributed by atoms with E-state index in [2.05, 4.69) is 5.32 Å². The van der Waals surface area contributed by atoms with Gasteiger partial charge in [0.2, 0.25) is 0 Å². The number of anilines is 3. The Kier molecular flexibility index (Phi) is 6.87. The van der Waals surface area contributed by atoms with Crippen molar-refractivity contribution >= 4 is 63.0 Å². The Balaban J connectivity index is 0.00000306. The number of carbonyl (C=O) groups is 2. The normalized spacial score (nSPS) is 12.6. The van der Waals surface area contributed by atoms with Crippen molar-refractivity contribution < 1.29 is 23.1 Å². The molecule has 0 saturated carbocycles. The predicted molar refractivity (Wildman–Crippen MR) is 129 cm³/mol. The largest absolute Gasteiger partial charge is 0.478 e. The second-order valence-electron chi connectivity index (χ2n) is 7.16. The lowest BCUT2D eigenvalue weighted by atomic mass is 10.1. The van der Waals surface area contributed by atoms with E-state index < -0.39 is 21.9 Å². The number of nitrogens with zero attached hydrogens (tertiary/aromatic N) is 1. The SMILES string of the molecule is Cl.Nc1cc(C(=O)Nc2ccc(Cl)cc2C(=O)O)ccc1S(=O)(=O)N1CCc2ccccc21. The van der Waals surface area contributed by atoms with Crippen LogP contribution in [0, 0.1) is 0 Å². The van der Waals surface area contributed by atoms with Crippen LogP contribution < -0.4 is 15.4 Å². The molecule has 1 amide bonds. The first kappa shape index (κ1) is 24.4. The number of rotatable bonds is 5. The number of carbonyl (C=O) groups excluding carboxylic acids is 1. The third-order valence-corrected chi connectivity index (χ3v) is 7.27. The zero-order chi connectivity index (χ0) is 23.0. The number of nitrogens with one attached hydrogen (secondary N) is 1. The van der Waals surface area contributed by atoms with Crippen LogP contribution in [0.3, 0.4) is 0 Å². The van der Waals surface area contributed by atoms with Crippen molar-refractivity contribution in [2.75, 3.05) is 21.9 Å². The molecular weight excluding hydrogens is 489 g/mol. The third kappa shape index (κ3) is 4.61. The summed E-state index contributed by atoms with van der Waals surface area (Å²) in [6, 6.07) is 15.1. The van der Waals surface area contributed by atoms with Gasteiger partial charge in [0.1, 0.15) is 4.90 Å². The van der Waals surface area contributed by atoms with Crippen LogP contribution in [-0.2, 0) is 16.4 Å². The van der Waals surface area contributed by atoms with Gasteiger partial charge in [-0.2, -0.15) is 0 Å². The van der Waals surface area contributed by atoms with Gasteiger partial charge in [-0.15, -0.1) is 12.4 Å². The van der Waals surface area contributed by atoms with Gasteiger partial charge in [0.25, 0.3) is 15.9 Å². The van der Waals surface area contributed by atoms with E-state index in [4.69, 9.17) is 17.3 Å². The van der Waals surface area contributed by atoms with Crippen LogP contribution >= 0.6 is 24.0 Å². The second-order valence-corrected chi connectivity index (χ2v) is 9.42. The number of sulfonamides is 1. The minimum Gasteiger partial charge on any atom is -0.478 e. The summed E-state index contributed by atoms with van der Waals surface area (Å²) in [7, 11) is -3.92. The first-order valence-electron chi connectivity index (χ1n) is 9.53. The Morgan fingerprint density at radius 3 is 2.48 bits per heavy atom. The summed E-state index contributed by atoms with van der Waals surface area (Å²) in [4.78, 5) is 24.0. The summed E-state index contributed by atoms with van der Waals surface area (Å²) in [5, 5.41) is 12.0. The van der Waals surface area contributed by atoms with Gasteiger partial charge in [0, 0.05) is 17.1 Å². The molecule has 0 atom stereocenters. The van der Waals surface area contributed by atoms with E-state index in [9.17, 15) is 23.1 Å². The molecule has 33 heavy (non-hydrogen) atoms. The first-order chi connectivity index (χ1) is 15.2. The van der Waals surface area contributed by atoms with Crippen molar-refractivity contribution in [3.63, 3.8) is 0 Å². The Morgan fingerprint density at radius 1 is 1.06 bits per heavy atom. The molecule has 1 heterocycles. The zero-order valence-corrected chi connectivity index (χ0v) is 19.4. The molecule has 0 radical (unpaired) electrons. The van der Waals surface area contributed by atoms with Crippen LogP contribution in [0.15, 0.2) is 65.6 Å². The number of hydrogen-bond acceptors (Lipinski definition) is 5. The molecule has 1 aliphatic heterocycles. The number of nitrogen functional groups attached to an aromatic ring is 1. The van der Waals surface area contributed by atoms with Crippen LogP contribution in [0.4, 0.5) is 17.1 Å². The summed E-state index contributed by atoms with van der Waals surface area (Å²) in [6.07, 6.45) is 0.600. The Morgan fingerprint density at radius 2 is 1.79 bits per heavy atom. The number of hydrogen-bond donors (Lipinski definition) is 3. The van der Waals surface area contributed by atoms with Gasteiger partial charge in [-0.05, 0) is 54.4 Å². The number of para-hydroxylation sites is 1. The van der Waals surface area contributed by atoms with Gasteiger partial charge >= 0.3 is 5.97 Å². The minimum absolute atomic E-state index is 0. The molecule has 0 unspecified atom stereocenters. The molecule has 4 rings (SSSR count). The van der Waals surface area contributed by atoms with Gasteiger partial charge in [-0.25, -0.2) is 13.2 Å². The van der Waals surface area contributed by atoms with E-state index in [1.54, 1.807) is 12.1 Å². The van der Waals surface area contributed by atoms with E-state index in [1.807, 2.05) is 12.1 Å². The number of carboxylic acid groups (broad SMARTS) is 1. The standard InChI is InChI=1S/C22H18ClN3O5S.ClH/c23-15-6-7-18(16(12-15)22(28)29)25-21(27)14-5-8-20(17(24)11-14)32(30,31)26-10-9-13-3-1-2-4-19(13)26;/h1-8,11-12H,9-10,24H2,(H,25,27)(H,28,29);1H. The van der Waals surface area contributed by atoms with Crippen molar-refractivity contribution in [2.24, 2.45) is 0 Å². The topological polar surface area (TPSA) is 130 Å². The van der Waals surface area contributed by atoms with E-state index >= 15 is 0 Å². The van der Waals surface area contributed by atoms with E-state index in [-0.39, 0.29) is 44.8 Å². The Bertz CT molecular complexity index is 1360. The fourth-order valence-corrected chi connectivity index (χ4v) is 5.37. The van der Waals surface area contributed by atoms with Crippen molar-refractivity contribution in [1.29, 1.82) is 0 Å². The number of aromatic carboxylic acids is 1. The van der Waals surface area contributed by atoms with Gasteiger partial charge < -0.3 is 16.2 Å². The van der Waals surface area contributed by atoms with Gasteiger partial charge in [-0.1, -0.05) is 29.8 Å². The van der Waals surface area contributed by atoms with Crippen LogP contribution in [0.5, 0.6) is 0 Å². The molecule has 0 fully saturated rings. The molecule has 3 aromatic rings. The average molecular weight is 508 g/mol. The molecule has 0 aromatic heterocycles. The van der Waals surface area contributed by atoms with Crippen molar-refractivity contribution in [3.05, 3.63) is 82.4 Å². The van der Waals surface area contributed by atoms with Crippen molar-refractivity contribution in [1.82, 2.24) is 0 Å². The molecule has 1 aliphatic rings. The average Bonchev–Trinajstić information content (AvgIpc) is 3.19. The monoisotopic (exact) mass is 507 g/mol. The highest BCUT2D eigenvalue weighted by atomic mass is 35.5. The lowest BCUT2D eigenvalue weighted by Crippen LogP contribution is -2.29. The Labute approximate surface area is 201 Å². The van der Waals surface area contributed by atoms with Crippen LogP contribution in [0.1, 0.15) is 26.3 Å².